The molecule has 4 aliphatic carbocycles. The highest BCUT2D eigenvalue weighted by molar-refractivity contribution is 5.99. The average molecular weight is 328 g/mol. The molecule has 132 valence electrons. The number of allylic oxidation sites excluding steroid dienone is 4. The van der Waals surface area contributed by atoms with Gasteiger partial charge in [0.2, 0.25) is 0 Å². The molecule has 2 nitrogen and oxygen atoms in total. The summed E-state index contributed by atoms with van der Waals surface area (Å²) >= 11 is 0. The number of hydrogen-bond donors (Lipinski definition) is 0. The standard InChI is InChI=1S/2C11H16O/c1-7-3-4-9-10(5-7)8(2)6-11(9)12;1-7-3-4-9-8(2)6-11(12)10(9)5-7/h2*7-8H,3-6H2,1-2H3. The predicted molar refractivity (Wildman–Crippen MR) is 97.7 cm³/mol. The topological polar surface area (TPSA) is 34.1 Å². The van der Waals surface area contributed by atoms with Crippen LogP contribution >= 0.6 is 0 Å². The molecule has 0 aliphatic heterocycles. The van der Waals surface area contributed by atoms with Crippen molar-refractivity contribution in [2.24, 2.45) is 23.7 Å². The lowest BCUT2D eigenvalue weighted by molar-refractivity contribution is -0.116. The molecule has 0 aromatic rings. The van der Waals surface area contributed by atoms with Gasteiger partial charge in [0.25, 0.3) is 0 Å². The van der Waals surface area contributed by atoms with E-state index in [0.717, 1.165) is 37.5 Å². The predicted octanol–water partition coefficient (Wildman–Crippen LogP) is 5.42. The van der Waals surface area contributed by atoms with Crippen LogP contribution in [-0.4, -0.2) is 11.6 Å². The minimum atomic E-state index is 0.434. The minimum absolute atomic E-state index is 0.434. The van der Waals surface area contributed by atoms with Crippen molar-refractivity contribution in [2.75, 3.05) is 0 Å². The van der Waals surface area contributed by atoms with Gasteiger partial charge in [-0.1, -0.05) is 38.8 Å². The van der Waals surface area contributed by atoms with Crippen molar-refractivity contribution in [2.45, 2.75) is 79.1 Å². The zero-order valence-corrected chi connectivity index (χ0v) is 15.8. The van der Waals surface area contributed by atoms with Crippen LogP contribution in [0.4, 0.5) is 0 Å². The van der Waals surface area contributed by atoms with E-state index in [0.29, 0.717) is 23.4 Å². The Labute approximate surface area is 146 Å². The first-order valence-corrected chi connectivity index (χ1v) is 9.87. The summed E-state index contributed by atoms with van der Waals surface area (Å²) in [4.78, 5) is 23.0. The summed E-state index contributed by atoms with van der Waals surface area (Å²) in [5, 5.41) is 0. The molecule has 4 rings (SSSR count). The number of carbonyl (C=O) groups excluding carboxylic acids is 2. The molecule has 0 N–H and O–H groups in total. The molecule has 24 heavy (non-hydrogen) atoms. The Kier molecular flexibility index (Phi) is 5.13. The molecule has 0 amide bonds. The van der Waals surface area contributed by atoms with Gasteiger partial charge in [-0.3, -0.25) is 9.59 Å². The molecule has 0 heterocycles. The van der Waals surface area contributed by atoms with Crippen LogP contribution in [-0.2, 0) is 9.59 Å². The lowest BCUT2D eigenvalue weighted by Crippen LogP contribution is -2.08. The molecular weight excluding hydrogens is 296 g/mol. The third-order valence-corrected chi connectivity index (χ3v) is 6.54. The van der Waals surface area contributed by atoms with E-state index < -0.39 is 0 Å². The second kappa shape index (κ2) is 6.98. The highest BCUT2D eigenvalue weighted by Gasteiger charge is 2.33. The SMILES string of the molecule is CC1CCC2=C(C1)C(=O)CC2C.CC1CCC2=C(C1)C(C)CC2=O. The van der Waals surface area contributed by atoms with Crippen molar-refractivity contribution < 1.29 is 9.59 Å². The van der Waals surface area contributed by atoms with Gasteiger partial charge in [-0.2, -0.15) is 0 Å². The van der Waals surface area contributed by atoms with Crippen molar-refractivity contribution in [3.63, 3.8) is 0 Å². The first-order valence-electron chi connectivity index (χ1n) is 9.87. The number of hydrogen-bond acceptors (Lipinski definition) is 2. The van der Waals surface area contributed by atoms with Crippen LogP contribution in [0.3, 0.4) is 0 Å². The Morgan fingerprint density at radius 1 is 0.625 bits per heavy atom. The summed E-state index contributed by atoms with van der Waals surface area (Å²) in [5.74, 6) is 3.51. The Balaban J connectivity index is 0.000000141. The summed E-state index contributed by atoms with van der Waals surface area (Å²) < 4.78 is 0. The van der Waals surface area contributed by atoms with E-state index in [1.54, 1.807) is 0 Å². The molecule has 0 fully saturated rings. The van der Waals surface area contributed by atoms with E-state index in [-0.39, 0.29) is 0 Å². The maximum atomic E-state index is 11.5. The first kappa shape index (κ1) is 17.6. The number of carbonyl (C=O) groups is 2. The van der Waals surface area contributed by atoms with Crippen LogP contribution in [0.25, 0.3) is 0 Å². The van der Waals surface area contributed by atoms with Crippen LogP contribution in [0.5, 0.6) is 0 Å². The highest BCUT2D eigenvalue weighted by atomic mass is 16.1. The molecular formula is C22H32O2. The molecule has 0 radical (unpaired) electrons. The molecule has 0 aromatic carbocycles. The Morgan fingerprint density at radius 2 is 1.17 bits per heavy atom. The van der Waals surface area contributed by atoms with E-state index in [1.165, 1.54) is 48.0 Å². The molecule has 0 saturated heterocycles. The van der Waals surface area contributed by atoms with Gasteiger partial charge in [0.1, 0.15) is 0 Å². The Bertz CT molecular complexity index is 607. The second-order valence-corrected chi connectivity index (χ2v) is 8.76. The Hall–Kier alpha value is -1.18. The molecule has 4 aliphatic rings. The molecule has 4 unspecified atom stereocenters. The van der Waals surface area contributed by atoms with Gasteiger partial charge in [-0.15, -0.1) is 0 Å². The molecule has 0 saturated carbocycles. The largest absolute Gasteiger partial charge is 0.295 e. The van der Waals surface area contributed by atoms with Gasteiger partial charge in [-0.05, 0) is 73.3 Å². The van der Waals surface area contributed by atoms with Crippen LogP contribution in [0.1, 0.15) is 79.1 Å². The van der Waals surface area contributed by atoms with Gasteiger partial charge in [0.15, 0.2) is 11.6 Å². The number of rotatable bonds is 0. The van der Waals surface area contributed by atoms with Crippen LogP contribution in [0.2, 0.25) is 0 Å². The molecule has 0 spiro atoms. The zero-order valence-electron chi connectivity index (χ0n) is 15.8. The van der Waals surface area contributed by atoms with Crippen molar-refractivity contribution in [1.29, 1.82) is 0 Å². The summed E-state index contributed by atoms with van der Waals surface area (Å²) in [7, 11) is 0. The summed E-state index contributed by atoms with van der Waals surface area (Å²) in [6.45, 7) is 8.92. The number of Topliss-reactive ketones (excluding diaryl/α,β-unsaturated/α-hetero) is 2. The Morgan fingerprint density at radius 3 is 1.88 bits per heavy atom. The van der Waals surface area contributed by atoms with Crippen molar-refractivity contribution in [3.05, 3.63) is 22.3 Å². The van der Waals surface area contributed by atoms with E-state index in [1.807, 2.05) is 0 Å². The van der Waals surface area contributed by atoms with Crippen LogP contribution < -0.4 is 0 Å². The van der Waals surface area contributed by atoms with Gasteiger partial charge < -0.3 is 0 Å². The summed E-state index contributed by atoms with van der Waals surface area (Å²) in [5.41, 5.74) is 5.36. The van der Waals surface area contributed by atoms with E-state index >= 15 is 0 Å². The fraction of sp³-hybridized carbons (Fsp3) is 0.727. The van der Waals surface area contributed by atoms with Gasteiger partial charge in [0.05, 0.1) is 0 Å². The lowest BCUT2D eigenvalue weighted by Gasteiger charge is -2.21. The quantitative estimate of drug-likeness (QED) is 0.594. The van der Waals surface area contributed by atoms with Gasteiger partial charge in [-0.25, -0.2) is 0 Å². The smallest absolute Gasteiger partial charge is 0.159 e. The fourth-order valence-electron chi connectivity index (χ4n) is 4.99. The van der Waals surface area contributed by atoms with Crippen molar-refractivity contribution in [1.82, 2.24) is 0 Å². The maximum absolute atomic E-state index is 11.5. The van der Waals surface area contributed by atoms with E-state index in [2.05, 4.69) is 27.7 Å². The fourth-order valence-corrected chi connectivity index (χ4v) is 4.99. The molecule has 0 aromatic heterocycles. The third-order valence-electron chi connectivity index (χ3n) is 6.54. The second-order valence-electron chi connectivity index (χ2n) is 8.76. The highest BCUT2D eigenvalue weighted by Crippen LogP contribution is 2.41. The van der Waals surface area contributed by atoms with E-state index in [4.69, 9.17) is 0 Å². The van der Waals surface area contributed by atoms with Crippen molar-refractivity contribution >= 4 is 11.6 Å². The monoisotopic (exact) mass is 328 g/mol. The normalized spacial score (nSPS) is 35.7. The van der Waals surface area contributed by atoms with E-state index in [9.17, 15) is 9.59 Å². The number of ketones is 2. The zero-order chi connectivity index (χ0) is 17.4. The summed E-state index contributed by atoms with van der Waals surface area (Å²) in [6, 6.07) is 0. The van der Waals surface area contributed by atoms with Gasteiger partial charge >= 0.3 is 0 Å². The first-order chi connectivity index (χ1) is 11.4. The van der Waals surface area contributed by atoms with Crippen LogP contribution in [0, 0.1) is 23.7 Å². The minimum Gasteiger partial charge on any atom is -0.295 e. The third kappa shape index (κ3) is 3.43. The molecule has 4 atom stereocenters. The molecule has 2 heteroatoms. The average Bonchev–Trinajstić information content (AvgIpc) is 2.96. The lowest BCUT2D eigenvalue weighted by atomic mass is 9.84. The summed E-state index contributed by atoms with van der Waals surface area (Å²) in [6.07, 6.45) is 8.56. The van der Waals surface area contributed by atoms with Crippen molar-refractivity contribution in [3.8, 4) is 0 Å². The molecule has 0 bridgehead atoms. The van der Waals surface area contributed by atoms with Crippen LogP contribution in [0.15, 0.2) is 22.3 Å². The van der Waals surface area contributed by atoms with Gasteiger partial charge in [0, 0.05) is 12.8 Å². The maximum Gasteiger partial charge on any atom is 0.159 e.